The fourth-order valence-electron chi connectivity index (χ4n) is 7.80. The molecule has 9 heteroatoms. The van der Waals surface area contributed by atoms with Crippen molar-refractivity contribution in [3.63, 3.8) is 0 Å². The third-order valence-corrected chi connectivity index (χ3v) is 9.28. The fraction of sp³-hybridized carbons (Fsp3) is 0.417. The second-order valence-corrected chi connectivity index (χ2v) is 12.5. The van der Waals surface area contributed by atoms with Gasteiger partial charge in [-0.15, -0.1) is 0 Å². The van der Waals surface area contributed by atoms with Crippen LogP contribution in [-0.4, -0.2) is 45.0 Å². The molecule has 0 atom stereocenters. The Morgan fingerprint density at radius 1 is 0.800 bits per heavy atom. The molecule has 0 saturated heterocycles. The maximum Gasteiger partial charge on any atom is 0.277 e. The van der Waals surface area contributed by atoms with Gasteiger partial charge >= 0.3 is 0 Å². The minimum Gasteiger partial charge on any atom is -0.493 e. The first-order chi connectivity index (χ1) is 21.9. The Bertz CT molecular complexity index is 1500. The van der Waals surface area contributed by atoms with E-state index >= 15 is 0 Å². The van der Waals surface area contributed by atoms with E-state index in [1.165, 1.54) is 57.4 Å². The van der Waals surface area contributed by atoms with Gasteiger partial charge in [0, 0.05) is 5.69 Å². The van der Waals surface area contributed by atoms with E-state index < -0.39 is 5.91 Å². The molecule has 4 fully saturated rings. The van der Waals surface area contributed by atoms with Gasteiger partial charge in [-0.25, -0.2) is 5.43 Å². The Morgan fingerprint density at radius 3 is 2.07 bits per heavy atom. The van der Waals surface area contributed by atoms with E-state index in [1.807, 2.05) is 25.1 Å². The number of anilines is 1. The van der Waals surface area contributed by atoms with Crippen LogP contribution in [0.4, 0.5) is 5.69 Å². The number of nitrogens with one attached hydrogen (secondary N) is 2. The Morgan fingerprint density at radius 2 is 1.42 bits per heavy atom. The maximum absolute atomic E-state index is 12.8. The first kappa shape index (κ1) is 30.5. The predicted octanol–water partition coefficient (Wildman–Crippen LogP) is 6.11. The van der Waals surface area contributed by atoms with Crippen molar-refractivity contribution in [2.24, 2.45) is 22.9 Å². The van der Waals surface area contributed by atoms with Crippen LogP contribution in [0.5, 0.6) is 23.0 Å². The van der Waals surface area contributed by atoms with Crippen LogP contribution < -0.4 is 29.7 Å². The van der Waals surface area contributed by atoms with E-state index in [2.05, 4.69) is 28.0 Å². The summed E-state index contributed by atoms with van der Waals surface area (Å²) in [5, 5.41) is 6.97. The molecule has 3 aromatic carbocycles. The van der Waals surface area contributed by atoms with Crippen molar-refractivity contribution >= 4 is 23.7 Å². The average Bonchev–Trinajstić information content (AvgIpc) is 3.03. The van der Waals surface area contributed by atoms with Crippen LogP contribution in [0.15, 0.2) is 71.8 Å². The molecule has 4 aliphatic rings. The molecule has 0 aromatic heterocycles. The van der Waals surface area contributed by atoms with E-state index in [9.17, 15) is 9.59 Å². The van der Waals surface area contributed by atoms with Gasteiger partial charge in [0.05, 0.1) is 19.9 Å². The fourth-order valence-corrected chi connectivity index (χ4v) is 7.80. The van der Waals surface area contributed by atoms with Crippen molar-refractivity contribution in [1.29, 1.82) is 0 Å². The van der Waals surface area contributed by atoms with Gasteiger partial charge in [-0.2, -0.15) is 5.10 Å². The highest BCUT2D eigenvalue weighted by molar-refractivity contribution is 5.92. The summed E-state index contributed by atoms with van der Waals surface area (Å²) in [6, 6.07) is 20.8. The van der Waals surface area contributed by atoms with Crippen molar-refractivity contribution in [2.45, 2.75) is 50.9 Å². The first-order valence-corrected chi connectivity index (χ1v) is 15.8. The summed E-state index contributed by atoms with van der Waals surface area (Å²) < 4.78 is 22.3. The molecule has 9 nitrogen and oxygen atoms in total. The van der Waals surface area contributed by atoms with Crippen molar-refractivity contribution in [1.82, 2.24) is 5.43 Å². The highest BCUT2D eigenvalue weighted by atomic mass is 16.5. The van der Waals surface area contributed by atoms with Crippen molar-refractivity contribution in [2.75, 3.05) is 32.2 Å². The normalized spacial score (nSPS) is 23.0. The first-order valence-electron chi connectivity index (χ1n) is 15.8. The summed E-state index contributed by atoms with van der Waals surface area (Å²) in [5.74, 6) is 3.94. The molecule has 3 aromatic rings. The largest absolute Gasteiger partial charge is 0.493 e. The van der Waals surface area contributed by atoms with E-state index in [4.69, 9.17) is 18.9 Å². The zero-order valence-corrected chi connectivity index (χ0v) is 25.9. The lowest BCUT2D eigenvalue weighted by atomic mass is 9.48. The number of nitrogens with zero attached hydrogens (tertiary/aromatic N) is 1. The lowest BCUT2D eigenvalue weighted by Crippen LogP contribution is -2.48. The molecule has 4 saturated carbocycles. The summed E-state index contributed by atoms with van der Waals surface area (Å²) >= 11 is 0. The molecule has 4 bridgehead atoms. The number of hydrazone groups is 1. The minimum absolute atomic E-state index is 0.160. The summed E-state index contributed by atoms with van der Waals surface area (Å²) in [4.78, 5) is 24.9. The van der Waals surface area contributed by atoms with Gasteiger partial charge in [0.25, 0.3) is 11.8 Å². The number of ether oxygens (including phenoxy) is 4. The number of para-hydroxylation sites is 2. The third kappa shape index (κ3) is 7.24. The molecule has 45 heavy (non-hydrogen) atoms. The number of benzene rings is 3. The van der Waals surface area contributed by atoms with Gasteiger partial charge in [-0.1, -0.05) is 24.3 Å². The van der Waals surface area contributed by atoms with Gasteiger partial charge in [-0.05, 0) is 122 Å². The van der Waals surface area contributed by atoms with Gasteiger partial charge in [0.2, 0.25) is 0 Å². The molecule has 7 rings (SSSR count). The zero-order chi connectivity index (χ0) is 31.2. The number of hydrogen-bond acceptors (Lipinski definition) is 7. The van der Waals surface area contributed by atoms with E-state index in [-0.39, 0.29) is 19.1 Å². The number of carbonyl (C=O) groups is 2. The standard InChI is InChI=1S/C36H41N3O6/c1-3-43-33-17-24(21-37-39-35(41)23-45-31-7-5-4-6-30(31)42-2)8-13-32(33)44-22-34(40)38-29-11-9-28(10-12-29)36-18-25-14-26(19-36)16-27(15-25)20-36/h4-13,17,21,25-27H,3,14-16,18-20,22-23H2,1-2H3,(H,38,40)(H,39,41)/b37-21+. The van der Waals surface area contributed by atoms with E-state index in [0.717, 1.165) is 23.4 Å². The van der Waals surface area contributed by atoms with E-state index in [1.54, 1.807) is 36.4 Å². The monoisotopic (exact) mass is 611 g/mol. The van der Waals surface area contributed by atoms with Crippen LogP contribution >= 0.6 is 0 Å². The summed E-state index contributed by atoms with van der Waals surface area (Å²) in [5.41, 5.74) is 5.66. The number of methoxy groups -OCH3 is 1. The Hall–Kier alpha value is -4.53. The molecule has 4 aliphatic carbocycles. The smallest absolute Gasteiger partial charge is 0.277 e. The SMILES string of the molecule is CCOc1cc(/C=N/NC(=O)COc2ccccc2OC)ccc1OCC(=O)Nc1ccc(C23CC4CC(CC(C4)C2)C3)cc1. The van der Waals surface area contributed by atoms with Crippen molar-refractivity contribution in [3.8, 4) is 23.0 Å². The summed E-state index contributed by atoms with van der Waals surface area (Å²) in [6.07, 6.45) is 9.73. The van der Waals surface area contributed by atoms with Gasteiger partial charge in [0.1, 0.15) is 0 Å². The number of carbonyl (C=O) groups excluding carboxylic acids is 2. The average molecular weight is 612 g/mol. The molecule has 0 heterocycles. The van der Waals surface area contributed by atoms with Crippen molar-refractivity contribution in [3.05, 3.63) is 77.9 Å². The second-order valence-electron chi connectivity index (χ2n) is 12.5. The molecular weight excluding hydrogens is 570 g/mol. The van der Waals surface area contributed by atoms with Crippen molar-refractivity contribution < 1.29 is 28.5 Å². The summed E-state index contributed by atoms with van der Waals surface area (Å²) in [7, 11) is 1.54. The van der Waals surface area contributed by atoms with E-state index in [0.29, 0.717) is 40.6 Å². The van der Waals surface area contributed by atoms with Crippen LogP contribution in [0.1, 0.15) is 56.6 Å². The molecule has 0 radical (unpaired) electrons. The van der Waals surface area contributed by atoms with Crippen LogP contribution in [0, 0.1) is 17.8 Å². The van der Waals surface area contributed by atoms with Gasteiger partial charge < -0.3 is 24.3 Å². The highest BCUT2D eigenvalue weighted by Crippen LogP contribution is 2.60. The number of rotatable bonds is 13. The van der Waals surface area contributed by atoms with Crippen LogP contribution in [0.25, 0.3) is 0 Å². The minimum atomic E-state index is -0.421. The number of hydrogen-bond donors (Lipinski definition) is 2. The number of amides is 2. The molecule has 0 aliphatic heterocycles. The zero-order valence-electron chi connectivity index (χ0n) is 25.9. The van der Waals surface area contributed by atoms with Gasteiger partial charge in [0.15, 0.2) is 36.2 Å². The maximum atomic E-state index is 12.8. The quantitative estimate of drug-likeness (QED) is 0.179. The molecular formula is C36H41N3O6. The Labute approximate surface area is 264 Å². The Kier molecular flexibility index (Phi) is 9.23. The van der Waals surface area contributed by atoms with Crippen LogP contribution in [0.3, 0.4) is 0 Å². The Balaban J connectivity index is 0.989. The van der Waals surface area contributed by atoms with Crippen LogP contribution in [-0.2, 0) is 15.0 Å². The molecule has 0 unspecified atom stereocenters. The molecule has 236 valence electrons. The summed E-state index contributed by atoms with van der Waals surface area (Å²) in [6.45, 7) is 1.90. The third-order valence-electron chi connectivity index (χ3n) is 9.28. The predicted molar refractivity (Wildman–Crippen MR) is 172 cm³/mol. The second kappa shape index (κ2) is 13.6. The topological polar surface area (TPSA) is 107 Å². The molecule has 2 N–H and O–H groups in total. The van der Waals surface area contributed by atoms with Gasteiger partial charge in [-0.3, -0.25) is 9.59 Å². The highest BCUT2D eigenvalue weighted by Gasteiger charge is 2.51. The molecule has 2 amide bonds. The lowest BCUT2D eigenvalue weighted by molar-refractivity contribution is -0.123. The van der Waals surface area contributed by atoms with Crippen LogP contribution in [0.2, 0.25) is 0 Å². The lowest BCUT2D eigenvalue weighted by Gasteiger charge is -2.57. The molecule has 0 spiro atoms.